The van der Waals surface area contributed by atoms with Gasteiger partial charge in [-0.2, -0.15) is 5.26 Å². The Morgan fingerprint density at radius 1 is 1.14 bits per heavy atom. The van der Waals surface area contributed by atoms with Crippen LogP contribution in [0.3, 0.4) is 0 Å². The highest BCUT2D eigenvalue weighted by Gasteiger charge is 2.25. The van der Waals surface area contributed by atoms with Crippen LogP contribution in [0.4, 0.5) is 5.69 Å². The maximum Gasteiger partial charge on any atom is 0.142 e. The Morgan fingerprint density at radius 2 is 1.97 bits per heavy atom. The van der Waals surface area contributed by atoms with E-state index in [2.05, 4.69) is 42.6 Å². The number of nitrogen functional groups attached to an aromatic ring is 1. The summed E-state index contributed by atoms with van der Waals surface area (Å²) < 4.78 is 6.06. The van der Waals surface area contributed by atoms with Crippen LogP contribution in [0.5, 0.6) is 5.75 Å². The number of ether oxygens (including phenoxy) is 1. The van der Waals surface area contributed by atoms with E-state index in [9.17, 15) is 5.26 Å². The van der Waals surface area contributed by atoms with E-state index in [-0.39, 0.29) is 0 Å². The SMILES string of the molecule is Cc1ccc(C2=C3C(=CNC2)C=COc2c3cc(N)c3c(C#N)cccc23)cc1. The first-order chi connectivity index (χ1) is 14.2. The number of aryl methyl sites for hydroxylation is 1. The van der Waals surface area contributed by atoms with E-state index in [1.54, 1.807) is 12.3 Å². The third kappa shape index (κ3) is 2.67. The molecule has 0 amide bonds. The first-order valence-corrected chi connectivity index (χ1v) is 9.50. The summed E-state index contributed by atoms with van der Waals surface area (Å²) in [6, 6.07) is 18.3. The first-order valence-electron chi connectivity index (χ1n) is 9.50. The molecule has 0 fully saturated rings. The van der Waals surface area contributed by atoms with E-state index in [0.717, 1.165) is 38.8 Å². The Balaban J connectivity index is 1.87. The van der Waals surface area contributed by atoms with Gasteiger partial charge >= 0.3 is 0 Å². The number of allylic oxidation sites excluding steroid dienone is 3. The minimum Gasteiger partial charge on any atom is -0.464 e. The summed E-state index contributed by atoms with van der Waals surface area (Å²) in [5.41, 5.74) is 14.2. The van der Waals surface area contributed by atoms with Gasteiger partial charge in [-0.1, -0.05) is 42.0 Å². The van der Waals surface area contributed by atoms with E-state index in [1.165, 1.54) is 11.1 Å². The Morgan fingerprint density at radius 3 is 2.76 bits per heavy atom. The van der Waals surface area contributed by atoms with Gasteiger partial charge in [0.25, 0.3) is 0 Å². The van der Waals surface area contributed by atoms with Crippen molar-refractivity contribution >= 4 is 27.6 Å². The quantitative estimate of drug-likeness (QED) is 0.591. The molecule has 2 aliphatic rings. The standard InChI is InChI=1S/C25H19N3O/c1-15-5-7-16(8-6-15)21-14-28-13-18-9-10-29-25-19-4-2-3-17(12-26)24(19)22(27)11-20(25)23(18)21/h2-11,13,28H,14,27H2,1H3. The zero-order valence-corrected chi connectivity index (χ0v) is 16.0. The lowest BCUT2D eigenvalue weighted by atomic mass is 9.85. The molecule has 5 rings (SSSR count). The lowest BCUT2D eigenvalue weighted by molar-refractivity contribution is 0.487. The molecule has 3 aromatic carbocycles. The van der Waals surface area contributed by atoms with Crippen molar-refractivity contribution in [2.24, 2.45) is 0 Å². The van der Waals surface area contributed by atoms with Crippen LogP contribution in [0.25, 0.3) is 21.9 Å². The molecule has 4 heteroatoms. The second-order valence-corrected chi connectivity index (χ2v) is 7.30. The van der Waals surface area contributed by atoms with E-state index in [0.29, 0.717) is 17.8 Å². The highest BCUT2D eigenvalue weighted by Crippen LogP contribution is 2.46. The summed E-state index contributed by atoms with van der Waals surface area (Å²) in [6.45, 7) is 2.80. The molecule has 0 aliphatic carbocycles. The van der Waals surface area contributed by atoms with Crippen molar-refractivity contribution in [2.45, 2.75) is 6.92 Å². The summed E-state index contributed by atoms with van der Waals surface area (Å²) in [6.07, 6.45) is 5.67. The van der Waals surface area contributed by atoms with Gasteiger partial charge in [0.05, 0.1) is 17.9 Å². The number of nitrogens with one attached hydrogen (secondary N) is 1. The number of hydrogen-bond donors (Lipinski definition) is 2. The number of nitriles is 1. The lowest BCUT2D eigenvalue weighted by Gasteiger charge is -2.23. The van der Waals surface area contributed by atoms with Gasteiger partial charge in [-0.15, -0.1) is 0 Å². The highest BCUT2D eigenvalue weighted by atomic mass is 16.5. The minimum absolute atomic E-state index is 0.549. The fourth-order valence-corrected chi connectivity index (χ4v) is 4.12. The molecule has 2 aliphatic heterocycles. The third-order valence-electron chi connectivity index (χ3n) is 5.49. The molecule has 29 heavy (non-hydrogen) atoms. The van der Waals surface area contributed by atoms with Gasteiger partial charge < -0.3 is 15.8 Å². The molecule has 4 nitrogen and oxygen atoms in total. The monoisotopic (exact) mass is 377 g/mol. The maximum absolute atomic E-state index is 9.53. The molecule has 140 valence electrons. The topological polar surface area (TPSA) is 71.1 Å². The molecule has 0 atom stereocenters. The van der Waals surface area contributed by atoms with Gasteiger partial charge in [-0.05, 0) is 41.8 Å². The zero-order valence-electron chi connectivity index (χ0n) is 16.0. The number of nitrogens with two attached hydrogens (primary N) is 1. The smallest absolute Gasteiger partial charge is 0.142 e. The maximum atomic E-state index is 9.53. The van der Waals surface area contributed by atoms with E-state index in [4.69, 9.17) is 10.5 Å². The molecule has 0 saturated carbocycles. The van der Waals surface area contributed by atoms with Crippen LogP contribution in [-0.4, -0.2) is 6.54 Å². The Bertz CT molecular complexity index is 1290. The molecule has 0 radical (unpaired) electrons. The second-order valence-electron chi connectivity index (χ2n) is 7.30. The molecule has 0 aromatic heterocycles. The predicted octanol–water partition coefficient (Wildman–Crippen LogP) is 4.91. The van der Waals surface area contributed by atoms with E-state index < -0.39 is 0 Å². The van der Waals surface area contributed by atoms with E-state index >= 15 is 0 Å². The normalized spacial score (nSPS) is 14.8. The van der Waals surface area contributed by atoms with Gasteiger partial charge in [0.2, 0.25) is 0 Å². The number of fused-ring (bicyclic) bond motifs is 5. The van der Waals surface area contributed by atoms with Crippen molar-refractivity contribution in [2.75, 3.05) is 12.3 Å². The summed E-state index contributed by atoms with van der Waals surface area (Å²) in [4.78, 5) is 0. The van der Waals surface area contributed by atoms with Crippen molar-refractivity contribution in [1.82, 2.24) is 5.32 Å². The molecule has 0 bridgehead atoms. The molecule has 0 spiro atoms. The van der Waals surface area contributed by atoms with Crippen LogP contribution in [0, 0.1) is 18.3 Å². The minimum atomic E-state index is 0.549. The fourth-order valence-electron chi connectivity index (χ4n) is 4.12. The summed E-state index contributed by atoms with van der Waals surface area (Å²) in [7, 11) is 0. The number of dihydropyridines is 1. The second kappa shape index (κ2) is 6.57. The van der Waals surface area contributed by atoms with Crippen molar-refractivity contribution < 1.29 is 4.74 Å². The van der Waals surface area contributed by atoms with Gasteiger partial charge in [0.15, 0.2) is 0 Å². The van der Waals surface area contributed by atoms with Gasteiger partial charge in [0, 0.05) is 40.3 Å². The zero-order chi connectivity index (χ0) is 20.0. The number of hydrogen-bond acceptors (Lipinski definition) is 4. The molecule has 0 saturated heterocycles. The van der Waals surface area contributed by atoms with Gasteiger partial charge in [0.1, 0.15) is 5.75 Å². The van der Waals surface area contributed by atoms with Gasteiger partial charge in [-0.25, -0.2) is 0 Å². The fraction of sp³-hybridized carbons (Fsp3) is 0.0800. The van der Waals surface area contributed by atoms with Crippen LogP contribution >= 0.6 is 0 Å². The molecule has 2 heterocycles. The number of rotatable bonds is 1. The van der Waals surface area contributed by atoms with Crippen LogP contribution < -0.4 is 15.8 Å². The average Bonchev–Trinajstić information content (AvgIpc) is 2.93. The van der Waals surface area contributed by atoms with Crippen LogP contribution in [0.1, 0.15) is 22.3 Å². The lowest BCUT2D eigenvalue weighted by Crippen LogP contribution is -2.17. The number of nitrogens with zero attached hydrogens (tertiary/aromatic N) is 1. The largest absolute Gasteiger partial charge is 0.464 e. The average molecular weight is 377 g/mol. The predicted molar refractivity (Wildman–Crippen MR) is 117 cm³/mol. The van der Waals surface area contributed by atoms with Crippen molar-refractivity contribution in [3.8, 4) is 11.8 Å². The summed E-state index contributed by atoms with van der Waals surface area (Å²) >= 11 is 0. The van der Waals surface area contributed by atoms with Crippen LogP contribution in [0.2, 0.25) is 0 Å². The van der Waals surface area contributed by atoms with Crippen molar-refractivity contribution in [3.05, 3.63) is 94.9 Å². The summed E-state index contributed by atoms with van der Waals surface area (Å²) in [5.74, 6) is 0.729. The molecular weight excluding hydrogens is 358 g/mol. The van der Waals surface area contributed by atoms with Crippen molar-refractivity contribution in [1.29, 1.82) is 5.26 Å². The van der Waals surface area contributed by atoms with Gasteiger partial charge in [-0.3, -0.25) is 0 Å². The number of benzene rings is 3. The first kappa shape index (κ1) is 17.2. The molecular formula is C25H19N3O. The highest BCUT2D eigenvalue weighted by molar-refractivity contribution is 6.10. The molecule has 3 N–H and O–H groups in total. The Kier molecular flexibility index (Phi) is 3.89. The van der Waals surface area contributed by atoms with Crippen molar-refractivity contribution in [3.63, 3.8) is 0 Å². The molecule has 0 unspecified atom stereocenters. The van der Waals surface area contributed by atoms with Crippen LogP contribution in [0.15, 0.2) is 72.6 Å². The van der Waals surface area contributed by atoms with E-state index in [1.807, 2.05) is 30.5 Å². The third-order valence-corrected chi connectivity index (χ3v) is 5.49. The number of anilines is 1. The summed E-state index contributed by atoms with van der Waals surface area (Å²) in [5, 5.41) is 14.5. The Labute approximate surface area is 169 Å². The molecule has 3 aromatic rings. The van der Waals surface area contributed by atoms with Crippen LogP contribution in [-0.2, 0) is 0 Å². The Hall–Kier alpha value is -3.97.